The van der Waals surface area contributed by atoms with E-state index in [4.69, 9.17) is 18.9 Å². The quantitative estimate of drug-likeness (QED) is 0.505. The highest BCUT2D eigenvalue weighted by molar-refractivity contribution is 5.87. The Kier molecular flexibility index (Phi) is 5.00. The van der Waals surface area contributed by atoms with Gasteiger partial charge in [0.1, 0.15) is 12.0 Å². The summed E-state index contributed by atoms with van der Waals surface area (Å²) in [5.41, 5.74) is 4.39. The molecule has 0 atom stereocenters. The molecule has 0 aliphatic carbocycles. The highest BCUT2D eigenvalue weighted by atomic mass is 16.5. The molecule has 0 unspecified atom stereocenters. The van der Waals surface area contributed by atoms with Crippen LogP contribution in [0.2, 0.25) is 0 Å². The zero-order valence-corrected chi connectivity index (χ0v) is 17.6. The number of phenols is 1. The molecule has 2 heterocycles. The molecule has 4 aromatic rings. The van der Waals surface area contributed by atoms with Crippen molar-refractivity contribution in [2.45, 2.75) is 19.5 Å². The Labute approximate surface area is 180 Å². The molecule has 6 nitrogen and oxygen atoms in total. The van der Waals surface area contributed by atoms with Gasteiger partial charge in [0.25, 0.3) is 0 Å². The lowest BCUT2D eigenvalue weighted by Gasteiger charge is -2.28. The number of hydrogen-bond donors (Lipinski definition) is 1. The maximum atomic E-state index is 9.64. The molecule has 0 amide bonds. The largest absolute Gasteiger partial charge is 0.508 e. The van der Waals surface area contributed by atoms with Gasteiger partial charge in [-0.15, -0.1) is 0 Å². The number of hydrogen-bond acceptors (Lipinski definition) is 6. The second-order valence-electron chi connectivity index (χ2n) is 7.83. The highest BCUT2D eigenvalue weighted by Crippen LogP contribution is 2.34. The molecule has 0 fully saturated rings. The molecule has 0 saturated carbocycles. The minimum atomic E-state index is 0.262. The predicted octanol–water partition coefficient (Wildman–Crippen LogP) is 4.78. The number of benzene rings is 3. The molecule has 0 bridgehead atoms. The molecule has 1 aliphatic heterocycles. The molecule has 158 valence electrons. The van der Waals surface area contributed by atoms with E-state index in [1.54, 1.807) is 32.6 Å². The minimum absolute atomic E-state index is 0.262. The Balaban J connectivity index is 1.33. The van der Waals surface area contributed by atoms with E-state index in [0.717, 1.165) is 59.6 Å². The maximum Gasteiger partial charge on any atom is 0.226 e. The summed E-state index contributed by atoms with van der Waals surface area (Å²) < 4.78 is 16.7. The van der Waals surface area contributed by atoms with Gasteiger partial charge < -0.3 is 19.0 Å². The first-order chi connectivity index (χ1) is 15.1. The molecule has 3 aromatic carbocycles. The van der Waals surface area contributed by atoms with Gasteiger partial charge in [-0.1, -0.05) is 12.1 Å². The fraction of sp³-hybridized carbons (Fsp3) is 0.240. The van der Waals surface area contributed by atoms with Gasteiger partial charge in [-0.3, -0.25) is 4.90 Å². The number of rotatable bonds is 5. The molecular weight excluding hydrogens is 392 g/mol. The Bertz CT molecular complexity index is 1250. The summed E-state index contributed by atoms with van der Waals surface area (Å²) in [5, 5.41) is 11.7. The van der Waals surface area contributed by atoms with Crippen LogP contribution in [0.1, 0.15) is 16.8 Å². The van der Waals surface area contributed by atoms with Gasteiger partial charge in [0, 0.05) is 25.2 Å². The monoisotopic (exact) mass is 416 g/mol. The van der Waals surface area contributed by atoms with E-state index in [2.05, 4.69) is 17.0 Å². The Morgan fingerprint density at radius 2 is 1.71 bits per heavy atom. The van der Waals surface area contributed by atoms with Crippen LogP contribution < -0.4 is 9.47 Å². The standard InChI is InChI=1S/C25H24N2O4/c1-29-23-11-18-7-8-27(13-20(18)12-24(23)30-2)14-21-15-31-25(26-21)19-4-3-17-10-22(28)6-5-16(17)9-19/h3-6,9-12,15,28H,7-8,13-14H2,1-2H3. The van der Waals surface area contributed by atoms with Crippen LogP contribution in [-0.4, -0.2) is 35.8 Å². The summed E-state index contributed by atoms with van der Waals surface area (Å²) in [6.45, 7) is 2.50. The molecule has 1 aliphatic rings. The van der Waals surface area contributed by atoms with E-state index in [1.807, 2.05) is 24.3 Å². The number of nitrogens with zero attached hydrogens (tertiary/aromatic N) is 2. The fourth-order valence-corrected chi connectivity index (χ4v) is 4.18. The van der Waals surface area contributed by atoms with Crippen molar-refractivity contribution in [2.75, 3.05) is 20.8 Å². The van der Waals surface area contributed by atoms with Crippen LogP contribution in [-0.2, 0) is 19.5 Å². The minimum Gasteiger partial charge on any atom is -0.508 e. The zero-order valence-electron chi connectivity index (χ0n) is 17.6. The van der Waals surface area contributed by atoms with Crippen molar-refractivity contribution >= 4 is 10.8 Å². The average Bonchev–Trinajstić information content (AvgIpc) is 3.26. The third kappa shape index (κ3) is 3.82. The summed E-state index contributed by atoms with van der Waals surface area (Å²) in [5.74, 6) is 2.41. The average molecular weight is 416 g/mol. The van der Waals surface area contributed by atoms with Crippen molar-refractivity contribution in [3.8, 4) is 28.7 Å². The van der Waals surface area contributed by atoms with E-state index in [0.29, 0.717) is 5.89 Å². The first kappa shape index (κ1) is 19.5. The normalized spacial score (nSPS) is 13.9. The van der Waals surface area contributed by atoms with E-state index in [1.165, 1.54) is 11.1 Å². The molecule has 31 heavy (non-hydrogen) atoms. The van der Waals surface area contributed by atoms with Crippen molar-refractivity contribution in [3.05, 3.63) is 71.6 Å². The SMILES string of the molecule is COc1cc2c(cc1OC)CN(Cc1coc(-c3ccc4cc(O)ccc4c3)n1)CC2. The third-order valence-corrected chi connectivity index (χ3v) is 5.81. The zero-order chi connectivity index (χ0) is 21.4. The van der Waals surface area contributed by atoms with Crippen molar-refractivity contribution < 1.29 is 19.0 Å². The smallest absolute Gasteiger partial charge is 0.226 e. The van der Waals surface area contributed by atoms with Gasteiger partial charge in [0.2, 0.25) is 5.89 Å². The Morgan fingerprint density at radius 3 is 2.52 bits per heavy atom. The number of methoxy groups -OCH3 is 2. The van der Waals surface area contributed by atoms with Crippen molar-refractivity contribution in [2.24, 2.45) is 0 Å². The lowest BCUT2D eigenvalue weighted by atomic mass is 9.98. The highest BCUT2D eigenvalue weighted by Gasteiger charge is 2.20. The van der Waals surface area contributed by atoms with Crippen LogP contribution in [0.3, 0.4) is 0 Å². The summed E-state index contributed by atoms with van der Waals surface area (Å²) in [7, 11) is 3.33. The fourth-order valence-electron chi connectivity index (χ4n) is 4.18. The Hall–Kier alpha value is -3.51. The lowest BCUT2D eigenvalue weighted by Crippen LogP contribution is -2.30. The summed E-state index contributed by atoms with van der Waals surface area (Å²) in [4.78, 5) is 7.07. The molecule has 0 saturated heterocycles. The van der Waals surface area contributed by atoms with Crippen molar-refractivity contribution in [1.29, 1.82) is 0 Å². The second kappa shape index (κ2) is 7.96. The van der Waals surface area contributed by atoms with E-state index >= 15 is 0 Å². The number of oxazole rings is 1. The molecule has 0 spiro atoms. The molecule has 1 aromatic heterocycles. The van der Waals surface area contributed by atoms with E-state index in [-0.39, 0.29) is 5.75 Å². The second-order valence-corrected chi connectivity index (χ2v) is 7.83. The van der Waals surface area contributed by atoms with Gasteiger partial charge in [-0.05, 0) is 64.7 Å². The van der Waals surface area contributed by atoms with Gasteiger partial charge in [0.15, 0.2) is 11.5 Å². The van der Waals surface area contributed by atoms with Crippen molar-refractivity contribution in [3.63, 3.8) is 0 Å². The number of aromatic hydroxyl groups is 1. The van der Waals surface area contributed by atoms with Gasteiger partial charge in [-0.25, -0.2) is 4.98 Å². The van der Waals surface area contributed by atoms with Crippen LogP contribution in [0.4, 0.5) is 0 Å². The maximum absolute atomic E-state index is 9.64. The van der Waals surface area contributed by atoms with E-state index in [9.17, 15) is 5.11 Å². The first-order valence-electron chi connectivity index (χ1n) is 10.3. The molecule has 6 heteroatoms. The number of aromatic nitrogens is 1. The number of fused-ring (bicyclic) bond motifs is 2. The topological polar surface area (TPSA) is 68.0 Å². The van der Waals surface area contributed by atoms with Crippen LogP contribution in [0.25, 0.3) is 22.2 Å². The van der Waals surface area contributed by atoms with Gasteiger partial charge in [-0.2, -0.15) is 0 Å². The molecule has 1 N–H and O–H groups in total. The van der Waals surface area contributed by atoms with Crippen LogP contribution in [0, 0.1) is 0 Å². The summed E-state index contributed by atoms with van der Waals surface area (Å²) in [6.07, 6.45) is 2.69. The first-order valence-corrected chi connectivity index (χ1v) is 10.3. The number of phenolic OH excluding ortho intramolecular Hbond substituents is 1. The van der Waals surface area contributed by atoms with Gasteiger partial charge >= 0.3 is 0 Å². The molecule has 5 rings (SSSR count). The molecule has 0 radical (unpaired) electrons. The van der Waals surface area contributed by atoms with Crippen LogP contribution >= 0.6 is 0 Å². The Morgan fingerprint density at radius 1 is 0.968 bits per heavy atom. The molecular formula is C25H24N2O4. The third-order valence-electron chi connectivity index (χ3n) is 5.81. The number of ether oxygens (including phenoxy) is 2. The summed E-state index contributed by atoms with van der Waals surface area (Å²) in [6, 6.07) is 15.4. The van der Waals surface area contributed by atoms with Crippen molar-refractivity contribution in [1.82, 2.24) is 9.88 Å². The van der Waals surface area contributed by atoms with Gasteiger partial charge in [0.05, 0.1) is 19.9 Å². The predicted molar refractivity (Wildman–Crippen MR) is 118 cm³/mol. The van der Waals surface area contributed by atoms with Crippen LogP contribution in [0.5, 0.6) is 17.2 Å². The van der Waals surface area contributed by atoms with E-state index < -0.39 is 0 Å². The van der Waals surface area contributed by atoms with Crippen LogP contribution in [0.15, 0.2) is 59.2 Å². The summed E-state index contributed by atoms with van der Waals surface area (Å²) >= 11 is 0. The lowest BCUT2D eigenvalue weighted by molar-refractivity contribution is 0.241.